The Labute approximate surface area is 202 Å². The van der Waals surface area contributed by atoms with E-state index in [9.17, 15) is 13.2 Å². The summed E-state index contributed by atoms with van der Waals surface area (Å²) < 4.78 is 28.2. The number of rotatable bonds is 6. The van der Waals surface area contributed by atoms with Crippen LogP contribution in [0.2, 0.25) is 0 Å². The topological polar surface area (TPSA) is 69.7 Å². The molecule has 1 amide bonds. The van der Waals surface area contributed by atoms with Crippen LogP contribution < -0.4 is 4.72 Å². The van der Waals surface area contributed by atoms with Gasteiger partial charge in [0.05, 0.1) is 10.6 Å². The van der Waals surface area contributed by atoms with Crippen LogP contribution in [0.1, 0.15) is 33.5 Å². The molecule has 0 aromatic heterocycles. The molecule has 0 bridgehead atoms. The first kappa shape index (κ1) is 24.0. The highest BCUT2D eigenvalue weighted by atomic mass is 32.2. The fraction of sp³-hybridized carbons (Fsp3) is 0.296. The van der Waals surface area contributed by atoms with Crippen molar-refractivity contribution >= 4 is 21.6 Å². The second-order valence-corrected chi connectivity index (χ2v) is 10.5. The van der Waals surface area contributed by atoms with Crippen LogP contribution in [0.3, 0.4) is 0 Å². The third-order valence-corrected chi connectivity index (χ3v) is 7.58. The Bertz CT molecular complexity index is 1240. The third kappa shape index (κ3) is 5.85. The van der Waals surface area contributed by atoms with Gasteiger partial charge in [-0.3, -0.25) is 14.4 Å². The maximum absolute atomic E-state index is 13.1. The van der Waals surface area contributed by atoms with E-state index in [-0.39, 0.29) is 10.8 Å². The van der Waals surface area contributed by atoms with Crippen molar-refractivity contribution in [3.05, 3.63) is 95.1 Å². The van der Waals surface area contributed by atoms with Gasteiger partial charge < -0.3 is 4.90 Å². The number of hydrogen-bond donors (Lipinski definition) is 1. The van der Waals surface area contributed by atoms with E-state index in [4.69, 9.17) is 0 Å². The van der Waals surface area contributed by atoms with Crippen LogP contribution >= 0.6 is 0 Å². The van der Waals surface area contributed by atoms with Gasteiger partial charge in [0.15, 0.2) is 0 Å². The lowest BCUT2D eigenvalue weighted by Gasteiger charge is -2.22. The number of aryl methyl sites for hydroxylation is 2. The van der Waals surface area contributed by atoms with E-state index in [1.807, 2.05) is 24.0 Å². The third-order valence-electron chi connectivity index (χ3n) is 6.20. The smallest absolute Gasteiger partial charge is 0.261 e. The zero-order valence-electron chi connectivity index (χ0n) is 19.7. The number of hydrogen-bond acceptors (Lipinski definition) is 4. The zero-order valence-corrected chi connectivity index (χ0v) is 20.5. The Morgan fingerprint density at radius 2 is 1.56 bits per heavy atom. The number of benzene rings is 3. The second kappa shape index (κ2) is 10.4. The molecule has 1 saturated heterocycles. The Morgan fingerprint density at radius 1 is 0.853 bits per heavy atom. The Balaban J connectivity index is 1.38. The summed E-state index contributed by atoms with van der Waals surface area (Å²) in [5.74, 6) is -0.0620. The summed E-state index contributed by atoms with van der Waals surface area (Å²) in [6.07, 6.45) is 0.907. The summed E-state index contributed by atoms with van der Waals surface area (Å²) in [7, 11) is -3.73. The molecule has 1 N–H and O–H groups in total. The van der Waals surface area contributed by atoms with Crippen molar-refractivity contribution in [3.8, 4) is 0 Å². The molecule has 1 heterocycles. The summed E-state index contributed by atoms with van der Waals surface area (Å²) in [6.45, 7) is 7.91. The predicted molar refractivity (Wildman–Crippen MR) is 135 cm³/mol. The number of sulfonamides is 1. The SMILES string of the molecule is Cc1ccc(CN2CCCN(C(=O)c3ccc(S(=O)(=O)Nc4ccccc4C)cc3)CC2)cc1. The van der Waals surface area contributed by atoms with Gasteiger partial charge in [-0.25, -0.2) is 8.42 Å². The first-order chi connectivity index (χ1) is 16.3. The van der Waals surface area contributed by atoms with Crippen LogP contribution in [0.4, 0.5) is 5.69 Å². The van der Waals surface area contributed by atoms with Gasteiger partial charge >= 0.3 is 0 Å². The van der Waals surface area contributed by atoms with E-state index < -0.39 is 10.0 Å². The number of nitrogens with zero attached hydrogens (tertiary/aromatic N) is 2. The normalized spacial score (nSPS) is 15.1. The lowest BCUT2D eigenvalue weighted by Crippen LogP contribution is -2.35. The standard InChI is InChI=1S/C27H31N3O3S/c1-21-8-10-23(11-9-21)20-29-16-5-17-30(19-18-29)27(31)24-12-14-25(15-13-24)34(32,33)28-26-7-4-3-6-22(26)2/h3-4,6-15,28H,5,16-20H2,1-2H3. The van der Waals surface area contributed by atoms with Crippen LogP contribution in [-0.4, -0.2) is 50.3 Å². The molecular formula is C27H31N3O3S. The van der Waals surface area contributed by atoms with Crippen molar-refractivity contribution in [2.24, 2.45) is 0 Å². The minimum absolute atomic E-state index is 0.0620. The molecule has 7 heteroatoms. The quantitative estimate of drug-likeness (QED) is 0.569. The monoisotopic (exact) mass is 477 g/mol. The highest BCUT2D eigenvalue weighted by molar-refractivity contribution is 7.92. The molecule has 0 spiro atoms. The van der Waals surface area contributed by atoms with Crippen molar-refractivity contribution < 1.29 is 13.2 Å². The number of carbonyl (C=O) groups excluding carboxylic acids is 1. The maximum Gasteiger partial charge on any atom is 0.261 e. The van der Waals surface area contributed by atoms with Crippen molar-refractivity contribution in [1.82, 2.24) is 9.80 Å². The van der Waals surface area contributed by atoms with Crippen molar-refractivity contribution in [2.75, 3.05) is 30.9 Å². The Hall–Kier alpha value is -3.16. The molecule has 1 aliphatic rings. The zero-order chi connectivity index (χ0) is 24.1. The second-order valence-electron chi connectivity index (χ2n) is 8.85. The average Bonchev–Trinajstić information content (AvgIpc) is 3.07. The van der Waals surface area contributed by atoms with Crippen LogP contribution in [-0.2, 0) is 16.6 Å². The van der Waals surface area contributed by atoms with E-state index in [0.717, 1.165) is 31.6 Å². The van der Waals surface area contributed by atoms with Gasteiger partial charge in [0, 0.05) is 38.3 Å². The van der Waals surface area contributed by atoms with Gasteiger partial charge in [-0.1, -0.05) is 48.0 Å². The number of amides is 1. The molecule has 178 valence electrons. The predicted octanol–water partition coefficient (Wildman–Crippen LogP) is 4.45. The molecule has 3 aromatic rings. The maximum atomic E-state index is 13.1. The van der Waals surface area contributed by atoms with E-state index in [1.165, 1.54) is 23.3 Å². The van der Waals surface area contributed by atoms with Gasteiger partial charge in [-0.15, -0.1) is 0 Å². The largest absolute Gasteiger partial charge is 0.337 e. The molecule has 1 fully saturated rings. The summed E-state index contributed by atoms with van der Waals surface area (Å²) in [5, 5.41) is 0. The average molecular weight is 478 g/mol. The lowest BCUT2D eigenvalue weighted by molar-refractivity contribution is 0.0761. The number of carbonyl (C=O) groups is 1. The minimum atomic E-state index is -3.73. The summed E-state index contributed by atoms with van der Waals surface area (Å²) in [5.41, 5.74) is 4.42. The highest BCUT2D eigenvalue weighted by Crippen LogP contribution is 2.20. The molecule has 6 nitrogen and oxygen atoms in total. The molecule has 0 unspecified atom stereocenters. The van der Waals surface area contributed by atoms with E-state index in [0.29, 0.717) is 24.3 Å². The molecule has 0 saturated carbocycles. The fourth-order valence-corrected chi connectivity index (χ4v) is 5.26. The number of para-hydroxylation sites is 1. The first-order valence-electron chi connectivity index (χ1n) is 11.6. The van der Waals surface area contributed by atoms with Crippen LogP contribution in [0.5, 0.6) is 0 Å². The molecule has 34 heavy (non-hydrogen) atoms. The first-order valence-corrected chi connectivity index (χ1v) is 13.1. The highest BCUT2D eigenvalue weighted by Gasteiger charge is 2.22. The van der Waals surface area contributed by atoms with E-state index in [2.05, 4.69) is 40.8 Å². The van der Waals surface area contributed by atoms with Crippen molar-refractivity contribution in [2.45, 2.75) is 31.7 Å². The summed E-state index contributed by atoms with van der Waals surface area (Å²) >= 11 is 0. The van der Waals surface area contributed by atoms with Crippen LogP contribution in [0.15, 0.2) is 77.7 Å². The van der Waals surface area contributed by atoms with Crippen LogP contribution in [0.25, 0.3) is 0 Å². The molecule has 0 radical (unpaired) electrons. The van der Waals surface area contributed by atoms with E-state index in [1.54, 1.807) is 24.3 Å². The van der Waals surface area contributed by atoms with Crippen molar-refractivity contribution in [1.29, 1.82) is 0 Å². The molecule has 0 aliphatic carbocycles. The molecule has 3 aromatic carbocycles. The van der Waals surface area contributed by atoms with Gasteiger partial charge in [0.2, 0.25) is 0 Å². The van der Waals surface area contributed by atoms with Crippen LogP contribution in [0, 0.1) is 13.8 Å². The van der Waals surface area contributed by atoms with Gasteiger partial charge in [0.1, 0.15) is 0 Å². The summed E-state index contributed by atoms with van der Waals surface area (Å²) in [6, 6.07) is 22.0. The Morgan fingerprint density at radius 3 is 2.26 bits per heavy atom. The van der Waals surface area contributed by atoms with Crippen molar-refractivity contribution in [3.63, 3.8) is 0 Å². The fourth-order valence-electron chi connectivity index (χ4n) is 4.13. The number of anilines is 1. The van der Waals surface area contributed by atoms with E-state index >= 15 is 0 Å². The number of nitrogens with one attached hydrogen (secondary N) is 1. The van der Waals surface area contributed by atoms with Gasteiger partial charge in [-0.05, 0) is 61.7 Å². The molecule has 0 atom stereocenters. The molecule has 1 aliphatic heterocycles. The van der Waals surface area contributed by atoms with Gasteiger partial charge in [0.25, 0.3) is 15.9 Å². The van der Waals surface area contributed by atoms with Gasteiger partial charge in [-0.2, -0.15) is 0 Å². The minimum Gasteiger partial charge on any atom is -0.337 e. The summed E-state index contributed by atoms with van der Waals surface area (Å²) in [4.78, 5) is 17.5. The lowest BCUT2D eigenvalue weighted by atomic mass is 10.1. The molecular weight excluding hydrogens is 446 g/mol. The Kier molecular flexibility index (Phi) is 7.34. The molecule has 4 rings (SSSR count).